The van der Waals surface area contributed by atoms with Gasteiger partial charge in [-0.25, -0.2) is 4.98 Å². The lowest BCUT2D eigenvalue weighted by molar-refractivity contribution is 0.723. The number of allylic oxidation sites excluding steroid dienone is 1. The zero-order valence-electron chi connectivity index (χ0n) is 13.8. The van der Waals surface area contributed by atoms with E-state index in [9.17, 15) is 0 Å². The van der Waals surface area contributed by atoms with E-state index in [0.29, 0.717) is 0 Å². The number of aryl methyl sites for hydroxylation is 3. The second kappa shape index (κ2) is 6.29. The average Bonchev–Trinajstić information content (AvgIpc) is 2.86. The van der Waals surface area contributed by atoms with Crippen LogP contribution in [0.5, 0.6) is 0 Å². The van der Waals surface area contributed by atoms with Crippen molar-refractivity contribution in [2.45, 2.75) is 33.2 Å². The maximum absolute atomic E-state index is 6.09. The highest BCUT2D eigenvalue weighted by atomic mass is 15.1. The summed E-state index contributed by atoms with van der Waals surface area (Å²) in [6.45, 7) is 8.98. The second-order valence-electron chi connectivity index (χ2n) is 6.27. The number of nitrogens with zero attached hydrogens (tertiary/aromatic N) is 2. The van der Waals surface area contributed by atoms with Crippen LogP contribution in [0.25, 0.3) is 11.0 Å². The minimum absolute atomic E-state index is 0.736. The zero-order valence-corrected chi connectivity index (χ0v) is 13.8. The first-order chi connectivity index (χ1) is 11.0. The van der Waals surface area contributed by atoms with Crippen molar-refractivity contribution in [3.05, 3.63) is 71.6 Å². The van der Waals surface area contributed by atoms with Crippen molar-refractivity contribution < 1.29 is 0 Å². The standard InChI is InChI=1S/C20H23N3/c1-14(2)13-23-18-6-4-5-17(21)20(18)22-19(23)12-11-16-9-7-15(3)8-10-16/h4-10H,1,11-13,21H2,2-3H3. The van der Waals surface area contributed by atoms with Crippen molar-refractivity contribution in [2.75, 3.05) is 5.73 Å². The van der Waals surface area contributed by atoms with E-state index in [1.165, 1.54) is 11.1 Å². The Kier molecular flexibility index (Phi) is 4.20. The molecule has 0 saturated heterocycles. The topological polar surface area (TPSA) is 43.8 Å². The third kappa shape index (κ3) is 3.29. The van der Waals surface area contributed by atoms with Gasteiger partial charge in [-0.2, -0.15) is 0 Å². The summed E-state index contributed by atoms with van der Waals surface area (Å²) >= 11 is 0. The number of nitrogens with two attached hydrogens (primary N) is 1. The average molecular weight is 305 g/mol. The maximum Gasteiger partial charge on any atom is 0.112 e. The fraction of sp³-hybridized carbons (Fsp3) is 0.250. The molecule has 0 spiro atoms. The third-order valence-electron chi connectivity index (χ3n) is 4.08. The Morgan fingerprint density at radius 1 is 1.13 bits per heavy atom. The van der Waals surface area contributed by atoms with Gasteiger partial charge in [-0.05, 0) is 38.0 Å². The van der Waals surface area contributed by atoms with Crippen molar-refractivity contribution in [1.29, 1.82) is 0 Å². The molecule has 0 radical (unpaired) electrons. The molecule has 0 aliphatic heterocycles. The fourth-order valence-corrected chi connectivity index (χ4v) is 2.86. The minimum Gasteiger partial charge on any atom is -0.397 e. The molecule has 0 aliphatic carbocycles. The normalized spacial score (nSPS) is 11.0. The van der Waals surface area contributed by atoms with Crippen LogP contribution in [-0.2, 0) is 19.4 Å². The van der Waals surface area contributed by atoms with E-state index in [2.05, 4.69) is 48.4 Å². The van der Waals surface area contributed by atoms with Crippen LogP contribution < -0.4 is 5.73 Å². The molecule has 3 heteroatoms. The van der Waals surface area contributed by atoms with Crippen LogP contribution in [0.2, 0.25) is 0 Å². The van der Waals surface area contributed by atoms with Crippen LogP contribution in [0.3, 0.4) is 0 Å². The lowest BCUT2D eigenvalue weighted by atomic mass is 10.1. The van der Waals surface area contributed by atoms with Crippen molar-refractivity contribution in [1.82, 2.24) is 9.55 Å². The van der Waals surface area contributed by atoms with Gasteiger partial charge in [-0.1, -0.05) is 48.0 Å². The monoisotopic (exact) mass is 305 g/mol. The van der Waals surface area contributed by atoms with Gasteiger partial charge in [0.25, 0.3) is 0 Å². The first-order valence-electron chi connectivity index (χ1n) is 7.98. The van der Waals surface area contributed by atoms with Gasteiger partial charge in [0.05, 0.1) is 11.2 Å². The molecule has 118 valence electrons. The molecule has 0 unspecified atom stereocenters. The van der Waals surface area contributed by atoms with Gasteiger partial charge >= 0.3 is 0 Å². The summed E-state index contributed by atoms with van der Waals surface area (Å²) in [5, 5.41) is 0. The molecule has 0 aliphatic rings. The Labute approximate surface area is 137 Å². The molecule has 3 aromatic rings. The van der Waals surface area contributed by atoms with Crippen molar-refractivity contribution in [3.8, 4) is 0 Å². The van der Waals surface area contributed by atoms with Gasteiger partial charge in [0.15, 0.2) is 0 Å². The van der Waals surface area contributed by atoms with Crippen LogP contribution in [0.1, 0.15) is 23.9 Å². The van der Waals surface area contributed by atoms with E-state index in [1.807, 2.05) is 19.1 Å². The molecule has 3 nitrogen and oxygen atoms in total. The number of nitrogen functional groups attached to an aromatic ring is 1. The Balaban J connectivity index is 1.93. The van der Waals surface area contributed by atoms with Gasteiger partial charge in [0.1, 0.15) is 11.3 Å². The molecular weight excluding hydrogens is 282 g/mol. The summed E-state index contributed by atoms with van der Waals surface area (Å²) < 4.78 is 2.24. The first kappa shape index (κ1) is 15.3. The number of hydrogen-bond donors (Lipinski definition) is 1. The van der Waals surface area contributed by atoms with Gasteiger partial charge in [-0.3, -0.25) is 0 Å². The summed E-state index contributed by atoms with van der Waals surface area (Å²) in [4.78, 5) is 4.79. The van der Waals surface area contributed by atoms with Gasteiger partial charge in [0, 0.05) is 13.0 Å². The van der Waals surface area contributed by atoms with Crippen LogP contribution in [-0.4, -0.2) is 9.55 Å². The summed E-state index contributed by atoms with van der Waals surface area (Å²) in [5.41, 5.74) is 12.5. The zero-order chi connectivity index (χ0) is 16.4. The maximum atomic E-state index is 6.09. The SMILES string of the molecule is C=C(C)Cn1c(CCc2ccc(C)cc2)nc2c(N)cccc21. The molecule has 0 amide bonds. The molecule has 0 saturated carbocycles. The Bertz CT molecular complexity index is 841. The fourth-order valence-electron chi connectivity index (χ4n) is 2.86. The molecule has 1 aromatic heterocycles. The van der Waals surface area contributed by atoms with Crippen LogP contribution >= 0.6 is 0 Å². The molecule has 0 fully saturated rings. The van der Waals surface area contributed by atoms with E-state index >= 15 is 0 Å². The van der Waals surface area contributed by atoms with E-state index < -0.39 is 0 Å². The quantitative estimate of drug-likeness (QED) is 0.564. The molecule has 2 N–H and O–H groups in total. The molecule has 1 heterocycles. The Morgan fingerprint density at radius 3 is 2.57 bits per heavy atom. The number of benzene rings is 2. The molecule has 3 rings (SSSR count). The largest absolute Gasteiger partial charge is 0.397 e. The Hall–Kier alpha value is -2.55. The molecule has 0 atom stereocenters. The third-order valence-corrected chi connectivity index (χ3v) is 4.08. The number of rotatable bonds is 5. The van der Waals surface area contributed by atoms with Gasteiger partial charge in [0.2, 0.25) is 0 Å². The van der Waals surface area contributed by atoms with E-state index in [-0.39, 0.29) is 0 Å². The van der Waals surface area contributed by atoms with E-state index in [0.717, 1.165) is 47.5 Å². The van der Waals surface area contributed by atoms with Crippen molar-refractivity contribution >= 4 is 16.7 Å². The Morgan fingerprint density at radius 2 is 1.87 bits per heavy atom. The number of para-hydroxylation sites is 1. The highest BCUT2D eigenvalue weighted by Crippen LogP contribution is 2.23. The first-order valence-corrected chi connectivity index (χ1v) is 7.98. The summed E-state index contributed by atoms with van der Waals surface area (Å²) in [6, 6.07) is 14.7. The number of hydrogen-bond acceptors (Lipinski definition) is 2. The smallest absolute Gasteiger partial charge is 0.112 e. The lowest BCUT2D eigenvalue weighted by Gasteiger charge is -2.09. The van der Waals surface area contributed by atoms with Crippen molar-refractivity contribution in [2.24, 2.45) is 0 Å². The summed E-state index contributed by atoms with van der Waals surface area (Å²) in [6.07, 6.45) is 1.87. The predicted molar refractivity (Wildman–Crippen MR) is 97.5 cm³/mol. The molecule has 23 heavy (non-hydrogen) atoms. The number of aromatic nitrogens is 2. The second-order valence-corrected chi connectivity index (χ2v) is 6.27. The van der Waals surface area contributed by atoms with Crippen LogP contribution in [0.15, 0.2) is 54.6 Å². The number of imidazole rings is 1. The van der Waals surface area contributed by atoms with Gasteiger partial charge in [-0.15, -0.1) is 0 Å². The number of anilines is 1. The minimum atomic E-state index is 0.736. The highest BCUT2D eigenvalue weighted by molar-refractivity contribution is 5.87. The van der Waals surface area contributed by atoms with Gasteiger partial charge < -0.3 is 10.3 Å². The van der Waals surface area contributed by atoms with Crippen LogP contribution in [0.4, 0.5) is 5.69 Å². The van der Waals surface area contributed by atoms with E-state index in [1.54, 1.807) is 0 Å². The molecule has 2 aromatic carbocycles. The number of fused-ring (bicyclic) bond motifs is 1. The summed E-state index contributed by atoms with van der Waals surface area (Å²) in [7, 11) is 0. The molecule has 0 bridgehead atoms. The molecular formula is C20H23N3. The predicted octanol–water partition coefficient (Wildman–Crippen LogP) is 4.29. The van der Waals surface area contributed by atoms with Crippen LogP contribution in [0, 0.1) is 6.92 Å². The van der Waals surface area contributed by atoms with E-state index in [4.69, 9.17) is 10.7 Å². The van der Waals surface area contributed by atoms with Crippen molar-refractivity contribution in [3.63, 3.8) is 0 Å². The lowest BCUT2D eigenvalue weighted by Crippen LogP contribution is -2.06. The highest BCUT2D eigenvalue weighted by Gasteiger charge is 2.12. The summed E-state index contributed by atoms with van der Waals surface area (Å²) in [5.74, 6) is 1.07.